The summed E-state index contributed by atoms with van der Waals surface area (Å²) < 4.78 is 22.9. The Bertz CT molecular complexity index is 308. The third-order valence-electron chi connectivity index (χ3n) is 1.87. The molecule has 1 aliphatic heterocycles. The Morgan fingerprint density at radius 2 is 2.00 bits per heavy atom. The summed E-state index contributed by atoms with van der Waals surface area (Å²) in [4.78, 5) is 0. The lowest BCUT2D eigenvalue weighted by molar-refractivity contribution is -0.0455. The second-order valence-electron chi connectivity index (χ2n) is 2.78. The van der Waals surface area contributed by atoms with Crippen LogP contribution in [-0.2, 0) is 9.47 Å². The Labute approximate surface area is 74.7 Å². The lowest BCUT2D eigenvalue weighted by Gasteiger charge is -2.10. The molecule has 1 heterocycles. The number of benzene rings is 1. The van der Waals surface area contributed by atoms with E-state index in [-0.39, 0.29) is 5.75 Å². The van der Waals surface area contributed by atoms with E-state index in [0.717, 1.165) is 6.07 Å². The minimum Gasteiger partial charge on any atom is -0.507 e. The minimum absolute atomic E-state index is 0.132. The maximum Gasteiger partial charge on any atom is 0.187 e. The van der Waals surface area contributed by atoms with Crippen LogP contribution in [0.5, 0.6) is 5.75 Å². The van der Waals surface area contributed by atoms with Crippen LogP contribution >= 0.6 is 0 Å². The van der Waals surface area contributed by atoms with Crippen molar-refractivity contribution < 1.29 is 19.0 Å². The van der Waals surface area contributed by atoms with E-state index in [1.54, 1.807) is 0 Å². The van der Waals surface area contributed by atoms with Crippen molar-refractivity contribution in [2.24, 2.45) is 0 Å². The van der Waals surface area contributed by atoms with Gasteiger partial charge in [0.05, 0.1) is 13.2 Å². The molecule has 0 aromatic heterocycles. The number of phenolic OH excluding ortho intramolecular Hbond substituents is 1. The Morgan fingerprint density at radius 3 is 2.62 bits per heavy atom. The van der Waals surface area contributed by atoms with Crippen LogP contribution in [-0.4, -0.2) is 18.3 Å². The van der Waals surface area contributed by atoms with E-state index in [1.165, 1.54) is 12.1 Å². The summed E-state index contributed by atoms with van der Waals surface area (Å²) in [5, 5.41) is 9.35. The average molecular weight is 184 g/mol. The van der Waals surface area contributed by atoms with Crippen molar-refractivity contribution >= 4 is 0 Å². The van der Waals surface area contributed by atoms with Crippen LogP contribution in [0, 0.1) is 5.82 Å². The van der Waals surface area contributed by atoms with Crippen LogP contribution in [0.1, 0.15) is 11.9 Å². The molecule has 13 heavy (non-hydrogen) atoms. The first-order chi connectivity index (χ1) is 6.27. The maximum absolute atomic E-state index is 12.6. The van der Waals surface area contributed by atoms with Gasteiger partial charge in [-0.15, -0.1) is 0 Å². The van der Waals surface area contributed by atoms with E-state index in [2.05, 4.69) is 0 Å². The van der Waals surface area contributed by atoms with Gasteiger partial charge in [0.15, 0.2) is 6.29 Å². The van der Waals surface area contributed by atoms with Crippen molar-refractivity contribution in [1.29, 1.82) is 0 Å². The molecule has 1 aromatic rings. The van der Waals surface area contributed by atoms with Gasteiger partial charge in [0, 0.05) is 11.6 Å². The van der Waals surface area contributed by atoms with E-state index >= 15 is 0 Å². The summed E-state index contributed by atoms with van der Waals surface area (Å²) in [6, 6.07) is 3.76. The lowest BCUT2D eigenvalue weighted by Crippen LogP contribution is -1.98. The van der Waals surface area contributed by atoms with Gasteiger partial charge in [-0.3, -0.25) is 0 Å². The molecule has 0 radical (unpaired) electrons. The van der Waals surface area contributed by atoms with Crippen molar-refractivity contribution in [3.63, 3.8) is 0 Å². The number of rotatable bonds is 1. The lowest BCUT2D eigenvalue weighted by atomic mass is 10.2. The molecule has 0 atom stereocenters. The first-order valence-electron chi connectivity index (χ1n) is 3.99. The van der Waals surface area contributed by atoms with Gasteiger partial charge in [0.1, 0.15) is 11.6 Å². The van der Waals surface area contributed by atoms with Gasteiger partial charge in [-0.1, -0.05) is 0 Å². The zero-order valence-corrected chi connectivity index (χ0v) is 6.87. The number of hydrogen-bond donors (Lipinski definition) is 1. The maximum atomic E-state index is 12.6. The molecule has 3 nitrogen and oxygen atoms in total. The highest BCUT2D eigenvalue weighted by Crippen LogP contribution is 2.30. The van der Waals surface area contributed by atoms with Crippen molar-refractivity contribution in [2.45, 2.75) is 6.29 Å². The van der Waals surface area contributed by atoms with Crippen molar-refractivity contribution in [2.75, 3.05) is 13.2 Å². The van der Waals surface area contributed by atoms with Crippen molar-refractivity contribution in [1.82, 2.24) is 0 Å². The van der Waals surface area contributed by atoms with Crippen LogP contribution in [0.25, 0.3) is 0 Å². The summed E-state index contributed by atoms with van der Waals surface area (Å²) in [5.41, 5.74) is 0.471. The van der Waals surface area contributed by atoms with Crippen LogP contribution in [0.4, 0.5) is 4.39 Å². The van der Waals surface area contributed by atoms with E-state index < -0.39 is 12.1 Å². The summed E-state index contributed by atoms with van der Waals surface area (Å²) >= 11 is 0. The Morgan fingerprint density at radius 1 is 1.31 bits per heavy atom. The predicted molar refractivity (Wildman–Crippen MR) is 42.7 cm³/mol. The van der Waals surface area contributed by atoms with Crippen LogP contribution in [0.3, 0.4) is 0 Å². The highest BCUT2D eigenvalue weighted by atomic mass is 19.1. The van der Waals surface area contributed by atoms with E-state index in [0.29, 0.717) is 18.8 Å². The third kappa shape index (κ3) is 1.64. The molecule has 1 fully saturated rings. The predicted octanol–water partition coefficient (Wildman–Crippen LogP) is 1.58. The van der Waals surface area contributed by atoms with Gasteiger partial charge >= 0.3 is 0 Å². The molecular formula is C9H9FO3. The topological polar surface area (TPSA) is 38.7 Å². The standard InChI is InChI=1S/C9H9FO3/c10-6-1-2-7(8(11)5-6)9-12-3-4-13-9/h1-2,5,9,11H,3-4H2. The normalized spacial score (nSPS) is 17.9. The number of phenols is 1. The summed E-state index contributed by atoms with van der Waals surface area (Å²) in [5.74, 6) is -0.605. The van der Waals surface area contributed by atoms with E-state index in [1.807, 2.05) is 0 Å². The molecule has 0 unspecified atom stereocenters. The second kappa shape index (κ2) is 3.32. The highest BCUT2D eigenvalue weighted by Gasteiger charge is 2.21. The van der Waals surface area contributed by atoms with Gasteiger partial charge in [-0.25, -0.2) is 4.39 Å². The first-order valence-corrected chi connectivity index (χ1v) is 3.99. The molecule has 1 N–H and O–H groups in total. The minimum atomic E-state index is -0.555. The third-order valence-corrected chi connectivity index (χ3v) is 1.87. The summed E-state index contributed by atoms with van der Waals surface area (Å²) in [6.07, 6.45) is -0.555. The zero-order chi connectivity index (χ0) is 9.26. The summed E-state index contributed by atoms with van der Waals surface area (Å²) in [7, 11) is 0. The molecule has 2 rings (SSSR count). The fraction of sp³-hybridized carbons (Fsp3) is 0.333. The molecule has 1 aliphatic rings. The molecule has 0 saturated carbocycles. The number of ether oxygens (including phenoxy) is 2. The van der Waals surface area contributed by atoms with Gasteiger partial charge in [0.2, 0.25) is 0 Å². The van der Waals surface area contributed by atoms with Crippen LogP contribution in [0.15, 0.2) is 18.2 Å². The average Bonchev–Trinajstić information content (AvgIpc) is 2.56. The monoisotopic (exact) mass is 184 g/mol. The molecular weight excluding hydrogens is 175 g/mol. The fourth-order valence-electron chi connectivity index (χ4n) is 1.25. The molecule has 0 aliphatic carbocycles. The molecule has 0 bridgehead atoms. The largest absolute Gasteiger partial charge is 0.507 e. The number of halogens is 1. The smallest absolute Gasteiger partial charge is 0.187 e. The SMILES string of the molecule is Oc1cc(F)ccc1C1OCCO1. The number of aromatic hydroxyl groups is 1. The molecule has 1 saturated heterocycles. The fourth-order valence-corrected chi connectivity index (χ4v) is 1.25. The first kappa shape index (κ1) is 8.47. The molecule has 0 amide bonds. The summed E-state index contributed by atoms with van der Waals surface area (Å²) in [6.45, 7) is 1.00. The highest BCUT2D eigenvalue weighted by molar-refractivity contribution is 5.33. The Hall–Kier alpha value is -1.13. The van der Waals surface area contributed by atoms with Gasteiger partial charge < -0.3 is 14.6 Å². The second-order valence-corrected chi connectivity index (χ2v) is 2.78. The van der Waals surface area contributed by atoms with Gasteiger partial charge in [0.25, 0.3) is 0 Å². The van der Waals surface area contributed by atoms with Crippen molar-refractivity contribution in [3.8, 4) is 5.75 Å². The van der Waals surface area contributed by atoms with Gasteiger partial charge in [-0.2, -0.15) is 0 Å². The molecule has 4 heteroatoms. The molecule has 1 aromatic carbocycles. The Balaban J connectivity index is 2.29. The van der Waals surface area contributed by atoms with E-state index in [9.17, 15) is 9.50 Å². The van der Waals surface area contributed by atoms with Crippen molar-refractivity contribution in [3.05, 3.63) is 29.6 Å². The molecule has 0 spiro atoms. The zero-order valence-electron chi connectivity index (χ0n) is 6.87. The van der Waals surface area contributed by atoms with Crippen LogP contribution < -0.4 is 0 Å². The number of hydrogen-bond acceptors (Lipinski definition) is 3. The van der Waals surface area contributed by atoms with Gasteiger partial charge in [-0.05, 0) is 12.1 Å². The van der Waals surface area contributed by atoms with E-state index in [4.69, 9.17) is 9.47 Å². The Kier molecular flexibility index (Phi) is 2.16. The quantitative estimate of drug-likeness (QED) is 0.720. The van der Waals surface area contributed by atoms with Crippen LogP contribution in [0.2, 0.25) is 0 Å². The molecule has 70 valence electrons.